The highest BCUT2D eigenvalue weighted by atomic mass is 28.4. The lowest BCUT2D eigenvalue weighted by Crippen LogP contribution is -2.46. The SMILES string of the molecule is CC(C)=CCC/C(C)=C/CN1C(=O)[C@]2(O[C@H](CCn3cc(CCO)nn3)[C@@H]([Si](C)(C)O)[C@@H]2C)c2cc(NC(=O)Cc3c[nH]c4ccccc34)ccc21. The van der Waals surface area contributed by atoms with Crippen LogP contribution >= 0.6 is 0 Å². The minimum Gasteiger partial charge on any atom is -0.432 e. The predicted molar refractivity (Wildman–Crippen MR) is 206 cm³/mol. The Balaban J connectivity index is 1.32. The Morgan fingerprint density at radius 1 is 1.15 bits per heavy atom. The van der Waals surface area contributed by atoms with Gasteiger partial charge in [-0.1, -0.05) is 53.6 Å². The topological polar surface area (TPSA) is 146 Å². The highest BCUT2D eigenvalue weighted by molar-refractivity contribution is 6.71. The zero-order valence-corrected chi connectivity index (χ0v) is 32.1. The second-order valence-electron chi connectivity index (χ2n) is 15.2. The maximum absolute atomic E-state index is 14.9. The van der Waals surface area contributed by atoms with Crippen molar-refractivity contribution in [2.45, 2.75) is 96.7 Å². The molecule has 4 heterocycles. The van der Waals surface area contributed by atoms with Crippen molar-refractivity contribution >= 4 is 42.4 Å². The molecule has 2 aromatic carbocycles. The van der Waals surface area contributed by atoms with Gasteiger partial charge in [-0.25, -0.2) is 0 Å². The predicted octanol–water partition coefficient (Wildman–Crippen LogP) is 6.40. The number of H-pyrrole nitrogens is 1. The number of ether oxygens (including phenoxy) is 1. The van der Waals surface area contributed by atoms with E-state index >= 15 is 0 Å². The van der Waals surface area contributed by atoms with Gasteiger partial charge in [0.15, 0.2) is 13.9 Å². The molecule has 2 amide bonds. The normalized spacial score (nSPS) is 21.7. The second kappa shape index (κ2) is 15.3. The number of rotatable bonds is 14. The van der Waals surface area contributed by atoms with Gasteiger partial charge in [0.05, 0.1) is 23.9 Å². The number of hydrogen-bond donors (Lipinski definition) is 4. The van der Waals surface area contributed by atoms with Crippen LogP contribution in [-0.4, -0.2) is 69.3 Å². The van der Waals surface area contributed by atoms with Gasteiger partial charge in [-0.2, -0.15) is 0 Å². The van der Waals surface area contributed by atoms with Crippen LogP contribution in [0.15, 0.2) is 78.2 Å². The molecule has 1 spiro atoms. The Morgan fingerprint density at radius 3 is 2.69 bits per heavy atom. The molecule has 11 nitrogen and oxygen atoms in total. The van der Waals surface area contributed by atoms with Crippen molar-refractivity contribution in [3.05, 3.63) is 95.0 Å². The average Bonchev–Trinajstić information content (AvgIpc) is 3.84. The molecule has 4 N–H and O–H groups in total. The standard InChI is InChI=1S/C40H52N6O5Si/c1-26(2)10-9-11-27(3)16-20-46-35-15-14-30(42-37(48)22-29-24-41-34-13-8-7-12-32(29)34)23-33(35)40(39(46)49)28(4)38(52(5,6)50)36(51-40)17-19-45-25-31(18-21-47)43-44-45/h7-8,10,12-16,23-25,28,36,38,41,47,50H,9,11,17-22H2,1-6H3,(H,42,48)/b27-16+/t28-,36+,38-,40+/m0/s1. The number of aliphatic hydroxyl groups is 1. The monoisotopic (exact) mass is 724 g/mol. The van der Waals surface area contributed by atoms with Gasteiger partial charge >= 0.3 is 0 Å². The maximum atomic E-state index is 14.9. The summed E-state index contributed by atoms with van der Waals surface area (Å²) < 4.78 is 8.76. The molecule has 2 aliphatic rings. The molecule has 4 aromatic rings. The molecule has 2 aromatic heterocycles. The van der Waals surface area contributed by atoms with Gasteiger partial charge in [0.25, 0.3) is 5.91 Å². The highest BCUT2D eigenvalue weighted by Gasteiger charge is 2.66. The van der Waals surface area contributed by atoms with Gasteiger partial charge in [-0.3, -0.25) is 14.3 Å². The minimum absolute atomic E-state index is 0.00942. The van der Waals surface area contributed by atoms with Gasteiger partial charge in [0.1, 0.15) is 0 Å². The van der Waals surface area contributed by atoms with Crippen LogP contribution in [0.2, 0.25) is 18.6 Å². The molecule has 12 heteroatoms. The van der Waals surface area contributed by atoms with Crippen molar-refractivity contribution in [2.24, 2.45) is 5.92 Å². The number of aliphatic hydroxyl groups excluding tert-OH is 1. The Labute approximate surface area is 306 Å². The molecule has 276 valence electrons. The smallest absolute Gasteiger partial charge is 0.264 e. The number of carbonyl (C=O) groups is 2. The fourth-order valence-corrected chi connectivity index (χ4v) is 10.7. The number of benzene rings is 2. The van der Waals surface area contributed by atoms with Crippen molar-refractivity contribution < 1.29 is 24.2 Å². The molecule has 52 heavy (non-hydrogen) atoms. The third-order valence-corrected chi connectivity index (χ3v) is 13.1. The lowest BCUT2D eigenvalue weighted by atomic mass is 9.82. The molecular formula is C40H52N6O5Si. The lowest BCUT2D eigenvalue weighted by Gasteiger charge is -2.32. The molecule has 0 unspecified atom stereocenters. The number of aromatic nitrogens is 4. The van der Waals surface area contributed by atoms with Crippen LogP contribution < -0.4 is 10.2 Å². The van der Waals surface area contributed by atoms with Gasteiger partial charge < -0.3 is 29.8 Å². The Morgan fingerprint density at radius 2 is 1.94 bits per heavy atom. The number of nitrogens with one attached hydrogen (secondary N) is 2. The van der Waals surface area contributed by atoms with Crippen LogP contribution in [0.5, 0.6) is 0 Å². The Bertz CT molecular complexity index is 1990. The first kappa shape index (κ1) is 37.4. The number of carbonyl (C=O) groups excluding carboxylic acids is 2. The van der Waals surface area contributed by atoms with E-state index in [2.05, 4.69) is 53.5 Å². The molecular weight excluding hydrogens is 673 g/mol. The first-order chi connectivity index (χ1) is 24.8. The molecule has 0 saturated carbocycles. The third-order valence-electron chi connectivity index (χ3n) is 10.6. The van der Waals surface area contributed by atoms with E-state index in [-0.39, 0.29) is 36.3 Å². The summed E-state index contributed by atoms with van der Waals surface area (Å²) in [7, 11) is -2.89. The maximum Gasteiger partial charge on any atom is 0.264 e. The van der Waals surface area contributed by atoms with Gasteiger partial charge in [-0.05, 0) is 83.0 Å². The number of fused-ring (bicyclic) bond motifs is 3. The molecule has 6 rings (SSSR count). The number of nitrogens with zero attached hydrogens (tertiary/aromatic N) is 4. The summed E-state index contributed by atoms with van der Waals surface area (Å²) in [6.07, 6.45) is 10.6. The Hall–Kier alpha value is -4.36. The number of aromatic amines is 1. The van der Waals surface area contributed by atoms with Gasteiger partial charge in [0, 0.05) is 72.1 Å². The van der Waals surface area contributed by atoms with E-state index in [0.29, 0.717) is 42.9 Å². The molecule has 4 atom stereocenters. The Kier molecular flexibility index (Phi) is 11.0. The van der Waals surface area contributed by atoms with Crippen LogP contribution in [0.3, 0.4) is 0 Å². The molecule has 1 fully saturated rings. The van der Waals surface area contributed by atoms with E-state index in [0.717, 1.165) is 35.0 Å². The molecule has 1 saturated heterocycles. The van der Waals surface area contributed by atoms with E-state index in [4.69, 9.17) is 4.74 Å². The third kappa shape index (κ3) is 7.56. The van der Waals surface area contributed by atoms with Crippen LogP contribution in [0, 0.1) is 5.92 Å². The number of aryl methyl sites for hydroxylation is 1. The fourth-order valence-electron chi connectivity index (χ4n) is 8.14. The number of allylic oxidation sites excluding steroid dienone is 3. The summed E-state index contributed by atoms with van der Waals surface area (Å²) in [5, 5.41) is 21.8. The first-order valence-electron chi connectivity index (χ1n) is 18.3. The second-order valence-corrected chi connectivity index (χ2v) is 19.2. The van der Waals surface area contributed by atoms with Crippen molar-refractivity contribution in [1.29, 1.82) is 0 Å². The summed E-state index contributed by atoms with van der Waals surface area (Å²) in [6, 6.07) is 13.6. The highest BCUT2D eigenvalue weighted by Crippen LogP contribution is 2.60. The van der Waals surface area contributed by atoms with Gasteiger partial charge in [-0.15, -0.1) is 5.10 Å². The van der Waals surface area contributed by atoms with Crippen LogP contribution in [0.1, 0.15) is 63.8 Å². The lowest BCUT2D eigenvalue weighted by molar-refractivity contribution is -0.145. The van der Waals surface area contributed by atoms with E-state index in [1.165, 1.54) is 11.1 Å². The quantitative estimate of drug-likeness (QED) is 0.0870. The summed E-state index contributed by atoms with van der Waals surface area (Å²) >= 11 is 0. The van der Waals surface area contributed by atoms with E-state index in [1.807, 2.05) is 74.9 Å². The number of para-hydroxylation sites is 1. The minimum atomic E-state index is -2.89. The van der Waals surface area contributed by atoms with Crippen molar-refractivity contribution in [2.75, 3.05) is 23.4 Å². The van der Waals surface area contributed by atoms with E-state index in [1.54, 1.807) is 9.58 Å². The van der Waals surface area contributed by atoms with E-state index < -0.39 is 20.0 Å². The zero-order valence-electron chi connectivity index (χ0n) is 31.1. The van der Waals surface area contributed by atoms with Crippen molar-refractivity contribution in [3.8, 4) is 0 Å². The summed E-state index contributed by atoms with van der Waals surface area (Å²) in [5.41, 5.74) is 5.51. The number of hydrogen-bond acceptors (Lipinski definition) is 7. The van der Waals surface area contributed by atoms with Gasteiger partial charge in [0.2, 0.25) is 5.91 Å². The summed E-state index contributed by atoms with van der Waals surface area (Å²) in [5.74, 6) is -0.660. The number of amides is 2. The summed E-state index contributed by atoms with van der Waals surface area (Å²) in [6.45, 7) is 13.0. The fraction of sp³-hybridized carbons (Fsp3) is 0.450. The van der Waals surface area contributed by atoms with Crippen LogP contribution in [0.25, 0.3) is 10.9 Å². The first-order valence-corrected chi connectivity index (χ1v) is 21.3. The zero-order chi connectivity index (χ0) is 37.2. The van der Waals surface area contributed by atoms with Crippen LogP contribution in [0.4, 0.5) is 11.4 Å². The van der Waals surface area contributed by atoms with Crippen LogP contribution in [-0.2, 0) is 39.3 Å². The molecule has 2 aliphatic heterocycles. The molecule has 0 bridgehead atoms. The summed E-state index contributed by atoms with van der Waals surface area (Å²) in [4.78, 5) is 45.1. The van der Waals surface area contributed by atoms with E-state index in [9.17, 15) is 19.5 Å². The average molecular weight is 725 g/mol. The molecule has 0 radical (unpaired) electrons. The van der Waals surface area contributed by atoms with Crippen molar-refractivity contribution in [1.82, 2.24) is 20.0 Å². The molecule has 0 aliphatic carbocycles. The largest absolute Gasteiger partial charge is 0.432 e. The number of anilines is 2. The van der Waals surface area contributed by atoms with Crippen molar-refractivity contribution in [3.63, 3.8) is 0 Å².